The summed E-state index contributed by atoms with van der Waals surface area (Å²) in [5.74, 6) is -1.00. The number of hydrogen-bond donors (Lipinski definition) is 0. The molecule has 2 aromatic carbocycles. The van der Waals surface area contributed by atoms with Crippen molar-refractivity contribution in [2.24, 2.45) is 0 Å². The molecule has 0 saturated carbocycles. The number of aryl methyl sites for hydroxylation is 1. The van der Waals surface area contributed by atoms with Crippen molar-refractivity contribution in [3.05, 3.63) is 77.0 Å². The first-order valence-electron chi connectivity index (χ1n) is 15.5. The summed E-state index contributed by atoms with van der Waals surface area (Å²) in [6, 6.07) is 12.8. The second kappa shape index (κ2) is 13.0. The summed E-state index contributed by atoms with van der Waals surface area (Å²) < 4.78 is 25.7. The first-order chi connectivity index (χ1) is 21.8. The second-order valence-corrected chi connectivity index (χ2v) is 12.2. The number of amides is 1. The Kier molecular flexibility index (Phi) is 8.88. The minimum absolute atomic E-state index is 0.0645. The molecule has 0 aliphatic carbocycles. The number of likely N-dealkylation sites (N-methyl/N-ethyl adjacent to an activating group) is 1. The lowest BCUT2D eigenvalue weighted by Crippen LogP contribution is -2.57. The summed E-state index contributed by atoms with van der Waals surface area (Å²) in [6.07, 6.45) is 1.76. The molecule has 3 atom stereocenters. The molecule has 0 spiro atoms. The summed E-state index contributed by atoms with van der Waals surface area (Å²) in [6.45, 7) is 16.6. The Morgan fingerprint density at radius 1 is 1.11 bits per heavy atom. The minimum Gasteiger partial charge on any atom is -0.462 e. The monoisotopic (exact) mass is 613 g/mol. The third kappa shape index (κ3) is 6.17. The molecule has 1 amide bonds. The first kappa shape index (κ1) is 30.7. The van der Waals surface area contributed by atoms with Crippen LogP contribution in [0.15, 0.2) is 48.8 Å². The van der Waals surface area contributed by atoms with Gasteiger partial charge in [0.1, 0.15) is 18.5 Å². The van der Waals surface area contributed by atoms with E-state index in [1.165, 1.54) is 26.9 Å². The van der Waals surface area contributed by atoms with Crippen LogP contribution in [0.2, 0.25) is 0 Å². The Bertz CT molecular complexity index is 1640. The van der Waals surface area contributed by atoms with Crippen molar-refractivity contribution in [1.82, 2.24) is 19.8 Å². The van der Waals surface area contributed by atoms with Crippen molar-refractivity contribution >= 4 is 28.2 Å². The van der Waals surface area contributed by atoms with E-state index in [2.05, 4.69) is 76.5 Å². The van der Waals surface area contributed by atoms with E-state index >= 15 is 0 Å². The quantitative estimate of drug-likeness (QED) is 0.279. The van der Waals surface area contributed by atoms with Gasteiger partial charge in [-0.05, 0) is 43.8 Å². The molecule has 0 bridgehead atoms. The molecule has 11 heteroatoms. The van der Waals surface area contributed by atoms with Crippen LogP contribution in [-0.2, 0) is 22.5 Å². The van der Waals surface area contributed by atoms with E-state index in [4.69, 9.17) is 26.0 Å². The third-order valence-corrected chi connectivity index (χ3v) is 9.42. The lowest BCUT2D eigenvalue weighted by molar-refractivity contribution is -0.131. The number of fused-ring (bicyclic) bond motifs is 2. The molecule has 3 aliphatic rings. The molecule has 4 heterocycles. The van der Waals surface area contributed by atoms with E-state index in [1.54, 1.807) is 7.11 Å². The van der Waals surface area contributed by atoms with Crippen LogP contribution in [-0.4, -0.2) is 104 Å². The number of carbonyl (C=O) groups excluding carboxylic acids is 1. The van der Waals surface area contributed by atoms with Crippen molar-refractivity contribution in [2.75, 3.05) is 69.8 Å². The molecule has 2 fully saturated rings. The van der Waals surface area contributed by atoms with Gasteiger partial charge in [0.25, 0.3) is 5.91 Å². The Morgan fingerprint density at radius 3 is 2.64 bits per heavy atom. The highest BCUT2D eigenvalue weighted by molar-refractivity contribution is 5.97. The van der Waals surface area contributed by atoms with Crippen LogP contribution in [0.3, 0.4) is 0 Å². The standard InChI is InChI=1S/C34H40FN7O3/c1-22-8-6-9-24-10-7-11-30(31(22)24)40-13-12-28-29(20-40)37-34(45-21-25-16-27(44-5)19-39(25)4)38-32(28)41-14-15-42(33(43)23(2)35)26(18-41)17-36-3/h6-11,25-27H,2,12-21H2,1,4-5H3/t25-,26-,27+/m0/s1. The number of carbonyl (C=O) groups is 1. The number of benzene rings is 2. The number of methoxy groups -OCH3 is 1. The number of aromatic nitrogens is 2. The summed E-state index contributed by atoms with van der Waals surface area (Å²) in [7, 11) is 3.81. The molecule has 10 nitrogen and oxygen atoms in total. The van der Waals surface area contributed by atoms with Gasteiger partial charge in [-0.1, -0.05) is 36.9 Å². The Labute approximate surface area is 263 Å². The van der Waals surface area contributed by atoms with Crippen LogP contribution in [0.5, 0.6) is 6.01 Å². The van der Waals surface area contributed by atoms with Crippen LogP contribution in [0.1, 0.15) is 23.2 Å². The highest BCUT2D eigenvalue weighted by Crippen LogP contribution is 2.36. The Balaban J connectivity index is 1.33. The molecule has 3 aromatic rings. The van der Waals surface area contributed by atoms with E-state index in [0.29, 0.717) is 32.3 Å². The smallest absolute Gasteiger partial charge is 0.318 e. The number of halogens is 1. The minimum atomic E-state index is -1.01. The molecule has 6 rings (SSSR count). The predicted octanol–water partition coefficient (Wildman–Crippen LogP) is 4.02. The molecule has 45 heavy (non-hydrogen) atoms. The van der Waals surface area contributed by atoms with E-state index in [9.17, 15) is 9.18 Å². The van der Waals surface area contributed by atoms with Crippen LogP contribution < -0.4 is 14.5 Å². The fourth-order valence-corrected chi connectivity index (χ4v) is 6.99. The Hall–Kier alpha value is -4.27. The number of anilines is 2. The van der Waals surface area contributed by atoms with E-state index in [-0.39, 0.29) is 25.2 Å². The normalized spacial score (nSPS) is 21.9. The van der Waals surface area contributed by atoms with Crippen molar-refractivity contribution < 1.29 is 18.7 Å². The second-order valence-electron chi connectivity index (χ2n) is 12.2. The van der Waals surface area contributed by atoms with Crippen LogP contribution in [0, 0.1) is 13.5 Å². The number of nitrogens with zero attached hydrogens (tertiary/aromatic N) is 7. The van der Waals surface area contributed by atoms with Crippen molar-refractivity contribution in [3.63, 3.8) is 0 Å². The highest BCUT2D eigenvalue weighted by atomic mass is 19.1. The summed E-state index contributed by atoms with van der Waals surface area (Å²) >= 11 is 0. The molecule has 236 valence electrons. The van der Waals surface area contributed by atoms with Crippen LogP contribution in [0.4, 0.5) is 15.9 Å². The largest absolute Gasteiger partial charge is 0.462 e. The SMILES string of the molecule is [C-]#[N+]C[C@H]1CN(c2nc(OC[C@@H]3C[C@@H](OC)CN3C)nc3c2CCN(c2cccc4cccc(C)c24)C3)CCN1C(=O)C(=C)F. The number of likely N-dealkylation sites (tertiary alicyclic amines) is 1. The molecular formula is C34H40FN7O3. The van der Waals surface area contributed by atoms with Gasteiger partial charge in [0.05, 0.1) is 18.3 Å². The zero-order chi connectivity index (χ0) is 31.7. The highest BCUT2D eigenvalue weighted by Gasteiger charge is 2.37. The van der Waals surface area contributed by atoms with E-state index < -0.39 is 17.8 Å². The number of ether oxygens (including phenoxy) is 2. The van der Waals surface area contributed by atoms with Crippen molar-refractivity contribution in [1.29, 1.82) is 0 Å². The average Bonchev–Trinajstić information content (AvgIpc) is 3.42. The van der Waals surface area contributed by atoms with Gasteiger partial charge in [-0.2, -0.15) is 9.97 Å². The van der Waals surface area contributed by atoms with Gasteiger partial charge >= 0.3 is 6.01 Å². The molecule has 3 aliphatic heterocycles. The third-order valence-electron chi connectivity index (χ3n) is 9.42. The molecule has 0 N–H and O–H groups in total. The molecule has 0 radical (unpaired) electrons. The maximum atomic E-state index is 13.8. The van der Waals surface area contributed by atoms with Gasteiger partial charge < -0.3 is 29.0 Å². The van der Waals surface area contributed by atoms with Crippen LogP contribution >= 0.6 is 0 Å². The summed E-state index contributed by atoms with van der Waals surface area (Å²) in [5, 5.41) is 2.44. The topological polar surface area (TPSA) is 78.6 Å². The fourth-order valence-electron chi connectivity index (χ4n) is 6.99. The maximum Gasteiger partial charge on any atom is 0.318 e. The van der Waals surface area contributed by atoms with Crippen LogP contribution in [0.25, 0.3) is 15.6 Å². The molecule has 2 saturated heterocycles. The average molecular weight is 614 g/mol. The zero-order valence-electron chi connectivity index (χ0n) is 26.2. The molecular weight excluding hydrogens is 573 g/mol. The Morgan fingerprint density at radius 2 is 1.91 bits per heavy atom. The van der Waals surface area contributed by atoms with Gasteiger partial charge in [0.2, 0.25) is 6.54 Å². The van der Waals surface area contributed by atoms with Gasteiger partial charge in [0.15, 0.2) is 5.83 Å². The van der Waals surface area contributed by atoms with Gasteiger partial charge in [0, 0.05) is 62.5 Å². The maximum absolute atomic E-state index is 13.8. The lowest BCUT2D eigenvalue weighted by atomic mass is 9.99. The summed E-state index contributed by atoms with van der Waals surface area (Å²) in [4.78, 5) is 34.2. The fraction of sp³-hybridized carbons (Fsp3) is 0.471. The predicted molar refractivity (Wildman–Crippen MR) is 172 cm³/mol. The van der Waals surface area contributed by atoms with E-state index in [0.717, 1.165) is 43.0 Å². The van der Waals surface area contributed by atoms with E-state index in [1.807, 2.05) is 0 Å². The van der Waals surface area contributed by atoms with Crippen molar-refractivity contribution in [2.45, 2.75) is 44.5 Å². The first-order valence-corrected chi connectivity index (χ1v) is 15.5. The number of rotatable bonds is 8. The number of piperazine rings is 1. The molecule has 1 aromatic heterocycles. The van der Waals surface area contributed by atoms with Gasteiger partial charge in [-0.15, -0.1) is 0 Å². The summed E-state index contributed by atoms with van der Waals surface area (Å²) in [5.41, 5.74) is 4.35. The number of hydrogen-bond acceptors (Lipinski definition) is 8. The van der Waals surface area contributed by atoms with Gasteiger partial charge in [-0.25, -0.2) is 11.0 Å². The van der Waals surface area contributed by atoms with Crippen molar-refractivity contribution in [3.8, 4) is 6.01 Å². The zero-order valence-corrected chi connectivity index (χ0v) is 26.2. The lowest BCUT2D eigenvalue weighted by Gasteiger charge is -2.41. The molecule has 0 unspecified atom stereocenters. The van der Waals surface area contributed by atoms with Gasteiger partial charge in [-0.3, -0.25) is 9.69 Å².